The Kier molecular flexibility index (Phi) is 5.47. The lowest BCUT2D eigenvalue weighted by molar-refractivity contribution is 0.0779. The highest BCUT2D eigenvalue weighted by Gasteiger charge is 2.26. The fourth-order valence-corrected chi connectivity index (χ4v) is 2.84. The number of nitrogens with one attached hydrogen (secondary N) is 2. The number of furan rings is 1. The van der Waals surface area contributed by atoms with Gasteiger partial charge in [0.15, 0.2) is 0 Å². The maximum Gasteiger partial charge on any atom is 0.333 e. The molecule has 1 heterocycles. The molecule has 3 N–H and O–H groups in total. The topological polar surface area (TPSA) is 127 Å². The highest BCUT2D eigenvalue weighted by Crippen LogP contribution is 2.26. The largest absolute Gasteiger partial charge is 0.497 e. The number of methoxy groups -OCH3 is 2. The zero-order valence-corrected chi connectivity index (χ0v) is 15.5. The van der Waals surface area contributed by atoms with E-state index < -0.39 is 26.7 Å². The van der Waals surface area contributed by atoms with Gasteiger partial charge in [0, 0.05) is 35.5 Å². The molecule has 2 amide bonds. The van der Waals surface area contributed by atoms with E-state index in [-0.39, 0.29) is 11.3 Å². The molecular formula is C16H20N2O7S. The number of anilines is 1. The number of ether oxygens (including phenoxy) is 2. The summed E-state index contributed by atoms with van der Waals surface area (Å²) in [6.07, 6.45) is 1.11. The molecule has 0 radical (unpaired) electrons. The molecule has 1 aromatic carbocycles. The second-order valence-corrected chi connectivity index (χ2v) is 7.49. The third-order valence-corrected chi connectivity index (χ3v) is 4.58. The van der Waals surface area contributed by atoms with E-state index in [1.165, 1.54) is 40.2 Å². The molecular weight excluding hydrogens is 364 g/mol. The summed E-state index contributed by atoms with van der Waals surface area (Å²) in [7, 11) is -1.36. The Balaban J connectivity index is 2.15. The SMILES string of the molecule is COc1cc(NC(=O)NS(=O)(=O)c2cc(C(C)(C)O)co2)cc(OC)c1. The summed E-state index contributed by atoms with van der Waals surface area (Å²) in [6, 6.07) is 4.73. The van der Waals surface area contributed by atoms with E-state index in [0.717, 1.165) is 12.3 Å². The van der Waals surface area contributed by atoms with Crippen LogP contribution < -0.4 is 19.5 Å². The minimum absolute atomic E-state index is 0.260. The van der Waals surface area contributed by atoms with Crippen molar-refractivity contribution in [2.75, 3.05) is 19.5 Å². The molecule has 26 heavy (non-hydrogen) atoms. The van der Waals surface area contributed by atoms with Crippen LogP contribution >= 0.6 is 0 Å². The molecule has 0 aliphatic rings. The van der Waals surface area contributed by atoms with Gasteiger partial charge in [0.25, 0.3) is 10.0 Å². The number of urea groups is 1. The Bertz CT molecular complexity index is 875. The fourth-order valence-electron chi connectivity index (χ4n) is 1.99. The smallest absolute Gasteiger partial charge is 0.333 e. The summed E-state index contributed by atoms with van der Waals surface area (Å²) in [5, 5.41) is 11.7. The number of sulfonamides is 1. The van der Waals surface area contributed by atoms with E-state index in [1.807, 2.05) is 4.72 Å². The predicted octanol–water partition coefficient (Wildman–Crippen LogP) is 2.03. The molecule has 0 atom stereocenters. The van der Waals surface area contributed by atoms with Crippen LogP contribution in [0.1, 0.15) is 19.4 Å². The molecule has 0 fully saturated rings. The van der Waals surface area contributed by atoms with Crippen molar-refractivity contribution >= 4 is 21.7 Å². The van der Waals surface area contributed by atoms with Crippen molar-refractivity contribution in [2.24, 2.45) is 0 Å². The highest BCUT2D eigenvalue weighted by atomic mass is 32.2. The van der Waals surface area contributed by atoms with Crippen molar-refractivity contribution in [3.63, 3.8) is 0 Å². The van der Waals surface area contributed by atoms with Crippen LogP contribution in [-0.2, 0) is 15.6 Å². The van der Waals surface area contributed by atoms with Crippen LogP contribution in [0, 0.1) is 0 Å². The lowest BCUT2D eigenvalue weighted by Crippen LogP contribution is -2.34. The molecule has 0 saturated carbocycles. The van der Waals surface area contributed by atoms with E-state index in [1.54, 1.807) is 6.07 Å². The summed E-state index contributed by atoms with van der Waals surface area (Å²) in [5.41, 5.74) is -0.752. The molecule has 0 aliphatic carbocycles. The Hall–Kier alpha value is -2.72. The third kappa shape index (κ3) is 4.67. The van der Waals surface area contributed by atoms with Gasteiger partial charge in [-0.25, -0.2) is 9.52 Å². The number of hydrogen-bond donors (Lipinski definition) is 3. The minimum Gasteiger partial charge on any atom is -0.497 e. The molecule has 0 saturated heterocycles. The van der Waals surface area contributed by atoms with Gasteiger partial charge in [-0.05, 0) is 13.8 Å². The van der Waals surface area contributed by atoms with Crippen LogP contribution in [0.4, 0.5) is 10.5 Å². The van der Waals surface area contributed by atoms with Gasteiger partial charge in [0.05, 0.1) is 26.1 Å². The lowest BCUT2D eigenvalue weighted by Gasteiger charge is -2.13. The zero-order valence-electron chi connectivity index (χ0n) is 14.7. The number of aliphatic hydroxyl groups is 1. The predicted molar refractivity (Wildman–Crippen MR) is 92.8 cm³/mol. The number of benzene rings is 1. The van der Waals surface area contributed by atoms with Crippen LogP contribution in [0.2, 0.25) is 0 Å². The van der Waals surface area contributed by atoms with Gasteiger partial charge >= 0.3 is 6.03 Å². The van der Waals surface area contributed by atoms with Crippen molar-refractivity contribution in [1.29, 1.82) is 0 Å². The number of hydrogen-bond acceptors (Lipinski definition) is 7. The van der Waals surface area contributed by atoms with Gasteiger partial charge < -0.3 is 24.3 Å². The van der Waals surface area contributed by atoms with Gasteiger partial charge in [-0.1, -0.05) is 0 Å². The number of carbonyl (C=O) groups is 1. The van der Waals surface area contributed by atoms with Crippen molar-refractivity contribution in [3.8, 4) is 11.5 Å². The molecule has 2 aromatic rings. The standard InChI is InChI=1S/C16H20N2O7S/c1-16(2,20)10-5-14(25-9-10)26(21,22)18-15(19)17-11-6-12(23-3)8-13(7-11)24-4/h5-9,20H,1-4H3,(H2,17,18,19). The summed E-state index contributed by atoms with van der Waals surface area (Å²) in [4.78, 5) is 12.0. The van der Waals surface area contributed by atoms with Crippen LogP contribution in [0.15, 0.2) is 40.0 Å². The van der Waals surface area contributed by atoms with Gasteiger partial charge in [0.2, 0.25) is 5.09 Å². The normalized spacial score (nSPS) is 11.7. The molecule has 0 bridgehead atoms. The molecule has 0 spiro atoms. The Morgan fingerprint density at radius 3 is 2.15 bits per heavy atom. The van der Waals surface area contributed by atoms with Crippen molar-refractivity contribution in [3.05, 3.63) is 36.1 Å². The Morgan fingerprint density at radius 1 is 1.12 bits per heavy atom. The number of amides is 2. The summed E-state index contributed by atoms with van der Waals surface area (Å²) < 4.78 is 41.4. The van der Waals surface area contributed by atoms with E-state index in [9.17, 15) is 18.3 Å². The number of carbonyl (C=O) groups excluding carboxylic acids is 1. The van der Waals surface area contributed by atoms with Crippen LogP contribution in [-0.4, -0.2) is 33.8 Å². The first-order valence-electron chi connectivity index (χ1n) is 7.43. The monoisotopic (exact) mass is 384 g/mol. The van der Waals surface area contributed by atoms with Gasteiger partial charge in [-0.3, -0.25) is 0 Å². The summed E-state index contributed by atoms with van der Waals surface area (Å²) in [5.74, 6) is 0.840. The average molecular weight is 384 g/mol. The second-order valence-electron chi connectivity index (χ2n) is 5.87. The molecule has 2 rings (SSSR count). The molecule has 0 unspecified atom stereocenters. The van der Waals surface area contributed by atoms with E-state index in [2.05, 4.69) is 5.32 Å². The quantitative estimate of drug-likeness (QED) is 0.695. The van der Waals surface area contributed by atoms with Crippen LogP contribution in [0.25, 0.3) is 0 Å². The first-order valence-corrected chi connectivity index (χ1v) is 8.92. The van der Waals surface area contributed by atoms with E-state index in [4.69, 9.17) is 13.9 Å². The van der Waals surface area contributed by atoms with E-state index in [0.29, 0.717) is 11.5 Å². The third-order valence-electron chi connectivity index (χ3n) is 3.38. The van der Waals surface area contributed by atoms with Crippen molar-refractivity contribution < 1.29 is 32.2 Å². The minimum atomic E-state index is -4.25. The maximum absolute atomic E-state index is 12.2. The molecule has 9 nitrogen and oxygen atoms in total. The van der Waals surface area contributed by atoms with Crippen LogP contribution in [0.5, 0.6) is 11.5 Å². The molecule has 0 aliphatic heterocycles. The number of rotatable bonds is 6. The first kappa shape index (κ1) is 19.6. The summed E-state index contributed by atoms with van der Waals surface area (Å²) >= 11 is 0. The zero-order chi connectivity index (χ0) is 19.5. The average Bonchev–Trinajstić information content (AvgIpc) is 3.05. The van der Waals surface area contributed by atoms with Crippen molar-refractivity contribution in [2.45, 2.75) is 24.5 Å². The van der Waals surface area contributed by atoms with Gasteiger partial charge in [-0.15, -0.1) is 0 Å². The lowest BCUT2D eigenvalue weighted by atomic mass is 10.0. The maximum atomic E-state index is 12.2. The first-order chi connectivity index (χ1) is 12.0. The van der Waals surface area contributed by atoms with Gasteiger partial charge in [-0.2, -0.15) is 8.42 Å². The fraction of sp³-hybridized carbons (Fsp3) is 0.312. The van der Waals surface area contributed by atoms with Crippen molar-refractivity contribution in [1.82, 2.24) is 4.72 Å². The second kappa shape index (κ2) is 7.26. The summed E-state index contributed by atoms with van der Waals surface area (Å²) in [6.45, 7) is 2.95. The van der Waals surface area contributed by atoms with E-state index >= 15 is 0 Å². The van der Waals surface area contributed by atoms with Crippen LogP contribution in [0.3, 0.4) is 0 Å². The Morgan fingerprint density at radius 2 is 1.69 bits per heavy atom. The van der Waals surface area contributed by atoms with Gasteiger partial charge in [0.1, 0.15) is 11.5 Å². The molecule has 10 heteroatoms. The highest BCUT2D eigenvalue weighted by molar-refractivity contribution is 7.89. The Labute approximate surface area is 151 Å². The molecule has 142 valence electrons. The molecule has 1 aromatic heterocycles.